The minimum absolute atomic E-state index is 0.0361. The van der Waals surface area contributed by atoms with Gasteiger partial charge < -0.3 is 15.5 Å². The van der Waals surface area contributed by atoms with Gasteiger partial charge in [-0.2, -0.15) is 0 Å². The molecule has 1 heterocycles. The largest absolute Gasteiger partial charge is 0.368 e. The zero-order valence-electron chi connectivity index (χ0n) is 10.5. The van der Waals surface area contributed by atoms with Crippen LogP contribution < -0.4 is 10.6 Å². The molecule has 1 fully saturated rings. The van der Waals surface area contributed by atoms with Crippen molar-refractivity contribution >= 4 is 17.3 Å². The molecule has 0 amide bonds. The molecule has 0 spiro atoms. The van der Waals surface area contributed by atoms with E-state index in [1.54, 1.807) is 0 Å². The normalized spacial score (nSPS) is 19.4. The van der Waals surface area contributed by atoms with Crippen LogP contribution in [-0.4, -0.2) is 38.1 Å². The maximum absolute atomic E-state index is 6.33. The van der Waals surface area contributed by atoms with Crippen LogP contribution in [0, 0.1) is 0 Å². The van der Waals surface area contributed by atoms with Crippen molar-refractivity contribution in [3.63, 3.8) is 0 Å². The van der Waals surface area contributed by atoms with E-state index < -0.39 is 0 Å². The third-order valence-corrected chi connectivity index (χ3v) is 3.64. The summed E-state index contributed by atoms with van der Waals surface area (Å²) in [4.78, 5) is 4.67. The van der Waals surface area contributed by atoms with Gasteiger partial charge in [0.25, 0.3) is 0 Å². The summed E-state index contributed by atoms with van der Waals surface area (Å²) in [6.45, 7) is 6.22. The number of hydrogen-bond donors (Lipinski definition) is 1. The van der Waals surface area contributed by atoms with Crippen LogP contribution in [0.15, 0.2) is 18.2 Å². The summed E-state index contributed by atoms with van der Waals surface area (Å²) in [5.74, 6) is 0. The molecule has 1 atom stereocenters. The molecule has 1 aliphatic heterocycles. The van der Waals surface area contributed by atoms with E-state index in [4.69, 9.17) is 17.3 Å². The molecule has 0 aromatic heterocycles. The summed E-state index contributed by atoms with van der Waals surface area (Å²) >= 11 is 6.33. The Morgan fingerprint density at radius 3 is 2.41 bits per heavy atom. The molecular weight excluding hydrogens is 234 g/mol. The van der Waals surface area contributed by atoms with Crippen LogP contribution in [0.25, 0.3) is 0 Å². The molecule has 17 heavy (non-hydrogen) atoms. The smallest absolute Gasteiger partial charge is 0.0642 e. The Kier molecular flexibility index (Phi) is 3.92. The van der Waals surface area contributed by atoms with Crippen molar-refractivity contribution in [2.24, 2.45) is 5.73 Å². The van der Waals surface area contributed by atoms with Crippen molar-refractivity contribution in [3.8, 4) is 0 Å². The Morgan fingerprint density at radius 1 is 1.24 bits per heavy atom. The van der Waals surface area contributed by atoms with Gasteiger partial charge in [-0.25, -0.2) is 0 Å². The number of piperazine rings is 1. The predicted molar refractivity (Wildman–Crippen MR) is 73.8 cm³/mol. The number of nitrogens with two attached hydrogens (primary N) is 1. The first kappa shape index (κ1) is 12.7. The molecule has 1 unspecified atom stereocenters. The minimum atomic E-state index is 0.0361. The Labute approximate surface area is 108 Å². The van der Waals surface area contributed by atoms with Crippen LogP contribution in [0.3, 0.4) is 0 Å². The van der Waals surface area contributed by atoms with Gasteiger partial charge in [0.1, 0.15) is 0 Å². The lowest BCUT2D eigenvalue weighted by Crippen LogP contribution is -2.44. The molecule has 0 saturated carbocycles. The van der Waals surface area contributed by atoms with Gasteiger partial charge in [-0.1, -0.05) is 17.7 Å². The fourth-order valence-electron chi connectivity index (χ4n) is 2.11. The molecule has 1 aliphatic rings. The number of benzene rings is 1. The van der Waals surface area contributed by atoms with Crippen molar-refractivity contribution in [2.75, 3.05) is 38.1 Å². The fraction of sp³-hybridized carbons (Fsp3) is 0.538. The molecule has 1 saturated heterocycles. The molecule has 4 heteroatoms. The van der Waals surface area contributed by atoms with Crippen LogP contribution in [0.4, 0.5) is 5.69 Å². The summed E-state index contributed by atoms with van der Waals surface area (Å²) < 4.78 is 0. The molecule has 94 valence electrons. The highest BCUT2D eigenvalue weighted by Crippen LogP contribution is 2.29. The maximum atomic E-state index is 6.33. The van der Waals surface area contributed by atoms with E-state index in [-0.39, 0.29) is 6.04 Å². The van der Waals surface area contributed by atoms with Gasteiger partial charge in [0.2, 0.25) is 0 Å². The molecular formula is C13H20ClN3. The summed E-state index contributed by atoms with van der Waals surface area (Å²) in [7, 11) is 2.15. The Morgan fingerprint density at radius 2 is 1.88 bits per heavy atom. The molecule has 1 aromatic rings. The zero-order valence-corrected chi connectivity index (χ0v) is 11.2. The van der Waals surface area contributed by atoms with Gasteiger partial charge in [-0.15, -0.1) is 0 Å². The predicted octanol–water partition coefficient (Wildman–Crippen LogP) is 2.11. The lowest BCUT2D eigenvalue weighted by Gasteiger charge is -2.34. The lowest BCUT2D eigenvalue weighted by atomic mass is 10.1. The van der Waals surface area contributed by atoms with Crippen molar-refractivity contribution < 1.29 is 0 Å². The second kappa shape index (κ2) is 5.25. The molecule has 0 bridgehead atoms. The Bertz CT molecular complexity index is 384. The first-order valence-corrected chi connectivity index (χ1v) is 6.44. The maximum Gasteiger partial charge on any atom is 0.0642 e. The highest BCUT2D eigenvalue weighted by atomic mass is 35.5. The second-order valence-electron chi connectivity index (χ2n) is 4.79. The molecule has 2 N–H and O–H groups in total. The molecule has 1 aromatic carbocycles. The Balaban J connectivity index is 2.16. The highest BCUT2D eigenvalue weighted by molar-refractivity contribution is 6.33. The van der Waals surface area contributed by atoms with Crippen LogP contribution in [0.2, 0.25) is 5.02 Å². The topological polar surface area (TPSA) is 32.5 Å². The van der Waals surface area contributed by atoms with Crippen LogP contribution in [0.1, 0.15) is 18.5 Å². The number of likely N-dealkylation sites (N-methyl/N-ethyl adjacent to an activating group) is 1. The van der Waals surface area contributed by atoms with Crippen LogP contribution in [0.5, 0.6) is 0 Å². The van der Waals surface area contributed by atoms with Gasteiger partial charge in [0, 0.05) is 32.2 Å². The van der Waals surface area contributed by atoms with Gasteiger partial charge >= 0.3 is 0 Å². The van der Waals surface area contributed by atoms with Crippen LogP contribution in [-0.2, 0) is 0 Å². The number of nitrogens with zero attached hydrogens (tertiary/aromatic N) is 2. The van der Waals surface area contributed by atoms with Crippen molar-refractivity contribution in [2.45, 2.75) is 13.0 Å². The summed E-state index contributed by atoms with van der Waals surface area (Å²) in [6.07, 6.45) is 0. The van der Waals surface area contributed by atoms with Gasteiger partial charge in [-0.3, -0.25) is 0 Å². The fourth-order valence-corrected chi connectivity index (χ4v) is 2.42. The third-order valence-electron chi connectivity index (χ3n) is 3.34. The third kappa shape index (κ3) is 2.92. The number of rotatable bonds is 2. The molecule has 0 radical (unpaired) electrons. The molecule has 3 nitrogen and oxygen atoms in total. The van der Waals surface area contributed by atoms with Crippen molar-refractivity contribution in [1.29, 1.82) is 0 Å². The van der Waals surface area contributed by atoms with E-state index >= 15 is 0 Å². The number of halogens is 1. The van der Waals surface area contributed by atoms with E-state index in [0.717, 1.165) is 42.5 Å². The van der Waals surface area contributed by atoms with Crippen LogP contribution >= 0.6 is 11.6 Å². The first-order chi connectivity index (χ1) is 8.08. The van der Waals surface area contributed by atoms with E-state index in [1.807, 2.05) is 13.0 Å². The van der Waals surface area contributed by atoms with Crippen molar-refractivity contribution in [3.05, 3.63) is 28.8 Å². The quantitative estimate of drug-likeness (QED) is 0.876. The molecule has 0 aliphatic carbocycles. The summed E-state index contributed by atoms with van der Waals surface area (Å²) in [5, 5.41) is 0.810. The van der Waals surface area contributed by atoms with E-state index in [1.165, 1.54) is 0 Å². The van der Waals surface area contributed by atoms with E-state index in [9.17, 15) is 0 Å². The lowest BCUT2D eigenvalue weighted by molar-refractivity contribution is 0.313. The summed E-state index contributed by atoms with van der Waals surface area (Å²) in [6, 6.07) is 6.19. The Hall–Kier alpha value is -0.770. The average Bonchev–Trinajstić information content (AvgIpc) is 2.30. The van der Waals surface area contributed by atoms with Gasteiger partial charge in [0.15, 0.2) is 0 Å². The van der Waals surface area contributed by atoms with Gasteiger partial charge in [0.05, 0.1) is 10.7 Å². The average molecular weight is 254 g/mol. The molecule has 2 rings (SSSR count). The zero-order chi connectivity index (χ0) is 12.4. The van der Waals surface area contributed by atoms with Gasteiger partial charge in [-0.05, 0) is 31.7 Å². The SMILES string of the molecule is CC(N)c1ccc(N2CCN(C)CC2)c(Cl)c1. The number of anilines is 1. The minimum Gasteiger partial charge on any atom is -0.368 e. The number of hydrogen-bond acceptors (Lipinski definition) is 3. The van der Waals surface area contributed by atoms with Crippen molar-refractivity contribution in [1.82, 2.24) is 4.90 Å². The monoisotopic (exact) mass is 253 g/mol. The second-order valence-corrected chi connectivity index (χ2v) is 5.20. The van der Waals surface area contributed by atoms with E-state index in [0.29, 0.717) is 0 Å². The summed E-state index contributed by atoms with van der Waals surface area (Å²) in [5.41, 5.74) is 8.07. The first-order valence-electron chi connectivity index (χ1n) is 6.06. The van der Waals surface area contributed by atoms with E-state index in [2.05, 4.69) is 29.0 Å². The highest BCUT2D eigenvalue weighted by Gasteiger charge is 2.16. The standard InChI is InChI=1S/C13H20ClN3/c1-10(15)11-3-4-13(12(14)9-11)17-7-5-16(2)6-8-17/h3-4,9-10H,5-8,15H2,1-2H3.